The fourth-order valence-corrected chi connectivity index (χ4v) is 3.24. The number of carbonyl (C=O) groups is 1. The average molecular weight is 301 g/mol. The van der Waals surface area contributed by atoms with Crippen LogP contribution in [0.1, 0.15) is 16.7 Å². The molecule has 2 aromatic rings. The first-order valence-electron chi connectivity index (χ1n) is 6.24. The topological polar surface area (TPSA) is 84.6 Å². The van der Waals surface area contributed by atoms with Crippen molar-refractivity contribution in [1.82, 2.24) is 0 Å². The number of nitrogens with zero attached hydrogens (tertiary/aromatic N) is 2. The van der Waals surface area contributed by atoms with Crippen LogP contribution in [0.4, 0.5) is 10.7 Å². The van der Waals surface area contributed by atoms with E-state index in [1.165, 1.54) is 17.4 Å². The van der Waals surface area contributed by atoms with E-state index in [1.54, 1.807) is 18.2 Å². The van der Waals surface area contributed by atoms with Crippen LogP contribution < -0.4 is 5.32 Å². The van der Waals surface area contributed by atoms with Crippen molar-refractivity contribution in [2.75, 3.05) is 11.9 Å². The predicted molar refractivity (Wildman–Crippen MR) is 81.3 cm³/mol. The molecule has 106 valence electrons. The van der Waals surface area contributed by atoms with Gasteiger partial charge in [0.1, 0.15) is 11.5 Å². The maximum absolute atomic E-state index is 11.7. The standard InChI is InChI=1S/C14H11N3O3S/c1-8-7-21-14-12(8)13(15-6-11(18)16-14)9-4-2-3-5-10(9)17(19)20/h2-5,7H,6H2,1H3,(H,16,18). The maximum atomic E-state index is 11.7. The number of para-hydroxylation sites is 1. The zero-order chi connectivity index (χ0) is 15.0. The van der Waals surface area contributed by atoms with Crippen LogP contribution >= 0.6 is 11.3 Å². The molecule has 1 aromatic carbocycles. The largest absolute Gasteiger partial charge is 0.316 e. The van der Waals surface area contributed by atoms with Gasteiger partial charge < -0.3 is 5.32 Å². The van der Waals surface area contributed by atoms with E-state index in [-0.39, 0.29) is 18.1 Å². The van der Waals surface area contributed by atoms with Crippen LogP contribution in [0, 0.1) is 17.0 Å². The van der Waals surface area contributed by atoms with E-state index >= 15 is 0 Å². The van der Waals surface area contributed by atoms with E-state index in [1.807, 2.05) is 12.3 Å². The summed E-state index contributed by atoms with van der Waals surface area (Å²) in [5.74, 6) is -0.216. The molecule has 0 saturated carbocycles. The molecule has 1 aliphatic rings. The van der Waals surface area contributed by atoms with Crippen molar-refractivity contribution in [3.8, 4) is 0 Å². The molecule has 1 aliphatic heterocycles. The lowest BCUT2D eigenvalue weighted by Gasteiger charge is -2.07. The van der Waals surface area contributed by atoms with Crippen molar-refractivity contribution < 1.29 is 9.72 Å². The number of hydrogen-bond donors (Lipinski definition) is 1. The molecular weight excluding hydrogens is 290 g/mol. The van der Waals surface area contributed by atoms with Crippen LogP contribution in [0.25, 0.3) is 0 Å². The molecule has 0 aliphatic carbocycles. The van der Waals surface area contributed by atoms with Gasteiger partial charge in [-0.05, 0) is 23.9 Å². The third kappa shape index (κ3) is 2.31. The van der Waals surface area contributed by atoms with E-state index in [0.717, 1.165) is 11.1 Å². The minimum atomic E-state index is -0.431. The summed E-state index contributed by atoms with van der Waals surface area (Å²) in [6.07, 6.45) is 0. The predicted octanol–water partition coefficient (Wildman–Crippen LogP) is 2.75. The van der Waals surface area contributed by atoms with E-state index in [2.05, 4.69) is 10.3 Å². The van der Waals surface area contributed by atoms with Gasteiger partial charge in [-0.1, -0.05) is 12.1 Å². The molecule has 0 unspecified atom stereocenters. The maximum Gasteiger partial charge on any atom is 0.278 e. The second kappa shape index (κ2) is 5.10. The van der Waals surface area contributed by atoms with E-state index in [0.29, 0.717) is 16.3 Å². The highest BCUT2D eigenvalue weighted by Gasteiger charge is 2.26. The van der Waals surface area contributed by atoms with Gasteiger partial charge in [0.05, 0.1) is 16.2 Å². The van der Waals surface area contributed by atoms with Crippen molar-refractivity contribution in [3.05, 3.63) is 56.5 Å². The number of nitrogens with one attached hydrogen (secondary N) is 1. The zero-order valence-electron chi connectivity index (χ0n) is 11.1. The van der Waals surface area contributed by atoms with Crippen molar-refractivity contribution in [3.63, 3.8) is 0 Å². The number of nitro groups is 1. The van der Waals surface area contributed by atoms with Gasteiger partial charge in [-0.3, -0.25) is 19.9 Å². The molecule has 0 atom stereocenters. The van der Waals surface area contributed by atoms with Crippen LogP contribution in [0.3, 0.4) is 0 Å². The molecule has 0 radical (unpaired) electrons. The van der Waals surface area contributed by atoms with Crippen LogP contribution in [0.5, 0.6) is 0 Å². The normalized spacial score (nSPS) is 14.0. The van der Waals surface area contributed by atoms with Crippen molar-refractivity contribution in [2.24, 2.45) is 4.99 Å². The summed E-state index contributed by atoms with van der Waals surface area (Å²) in [7, 11) is 0. The smallest absolute Gasteiger partial charge is 0.278 e. The number of nitro benzene ring substituents is 1. The summed E-state index contributed by atoms with van der Waals surface area (Å²) in [6.45, 7) is 1.86. The second-order valence-electron chi connectivity index (χ2n) is 4.61. The third-order valence-electron chi connectivity index (χ3n) is 3.20. The molecule has 21 heavy (non-hydrogen) atoms. The van der Waals surface area contributed by atoms with Gasteiger partial charge in [-0.2, -0.15) is 0 Å². The average Bonchev–Trinajstić information content (AvgIpc) is 2.72. The lowest BCUT2D eigenvalue weighted by Crippen LogP contribution is -2.12. The van der Waals surface area contributed by atoms with Crippen LogP contribution in [0.2, 0.25) is 0 Å². The first-order valence-corrected chi connectivity index (χ1v) is 7.12. The van der Waals surface area contributed by atoms with Crippen molar-refractivity contribution >= 4 is 33.6 Å². The quantitative estimate of drug-likeness (QED) is 0.683. The molecule has 1 N–H and O–H groups in total. The molecule has 0 spiro atoms. The summed E-state index contributed by atoms with van der Waals surface area (Å²) in [4.78, 5) is 26.8. The van der Waals surface area contributed by atoms with Crippen molar-refractivity contribution in [2.45, 2.75) is 6.92 Å². The van der Waals surface area contributed by atoms with E-state index in [4.69, 9.17) is 0 Å². The highest BCUT2D eigenvalue weighted by atomic mass is 32.1. The highest BCUT2D eigenvalue weighted by molar-refractivity contribution is 7.15. The number of carbonyl (C=O) groups excluding carboxylic acids is 1. The first-order chi connectivity index (χ1) is 10.1. The Morgan fingerprint density at radius 3 is 2.90 bits per heavy atom. The monoisotopic (exact) mass is 301 g/mol. The zero-order valence-corrected chi connectivity index (χ0v) is 11.9. The second-order valence-corrected chi connectivity index (χ2v) is 5.49. The summed E-state index contributed by atoms with van der Waals surface area (Å²) < 4.78 is 0. The molecular formula is C14H11N3O3S. The lowest BCUT2D eigenvalue weighted by atomic mass is 9.99. The van der Waals surface area contributed by atoms with Gasteiger partial charge in [-0.15, -0.1) is 11.3 Å². The Bertz CT molecular complexity index is 780. The Balaban J connectivity index is 2.25. The van der Waals surface area contributed by atoms with Gasteiger partial charge >= 0.3 is 0 Å². The number of benzene rings is 1. The van der Waals surface area contributed by atoms with Gasteiger partial charge in [0.15, 0.2) is 0 Å². The van der Waals surface area contributed by atoms with Gasteiger partial charge in [0.25, 0.3) is 5.69 Å². The van der Waals surface area contributed by atoms with Crippen LogP contribution in [-0.2, 0) is 4.79 Å². The molecule has 6 nitrogen and oxygen atoms in total. The number of amides is 1. The number of aryl methyl sites for hydroxylation is 1. The number of thiophene rings is 1. The number of anilines is 1. The van der Waals surface area contributed by atoms with Crippen molar-refractivity contribution in [1.29, 1.82) is 0 Å². The Hall–Kier alpha value is -2.54. The molecule has 1 aromatic heterocycles. The number of hydrogen-bond acceptors (Lipinski definition) is 5. The van der Waals surface area contributed by atoms with E-state index in [9.17, 15) is 14.9 Å². The molecule has 0 fully saturated rings. The third-order valence-corrected chi connectivity index (χ3v) is 4.21. The Labute approximate surface area is 124 Å². The molecule has 1 amide bonds. The molecule has 2 heterocycles. The van der Waals surface area contributed by atoms with Gasteiger partial charge in [0, 0.05) is 11.6 Å². The Morgan fingerprint density at radius 1 is 1.38 bits per heavy atom. The van der Waals surface area contributed by atoms with Gasteiger partial charge in [0.2, 0.25) is 5.91 Å². The molecule has 3 rings (SSSR count). The highest BCUT2D eigenvalue weighted by Crippen LogP contribution is 2.33. The lowest BCUT2D eigenvalue weighted by molar-refractivity contribution is -0.385. The molecule has 0 saturated heterocycles. The van der Waals surface area contributed by atoms with Crippen LogP contribution in [0.15, 0.2) is 34.6 Å². The summed E-state index contributed by atoms with van der Waals surface area (Å²) >= 11 is 1.40. The Morgan fingerprint density at radius 2 is 2.14 bits per heavy atom. The fraction of sp³-hybridized carbons (Fsp3) is 0.143. The summed E-state index contributed by atoms with van der Waals surface area (Å²) in [5, 5.41) is 16.6. The fourth-order valence-electron chi connectivity index (χ4n) is 2.28. The molecule has 7 heteroatoms. The first kappa shape index (κ1) is 13.4. The number of fused-ring (bicyclic) bond motifs is 1. The molecule has 0 bridgehead atoms. The van der Waals surface area contributed by atoms with Gasteiger partial charge in [-0.25, -0.2) is 0 Å². The number of rotatable bonds is 2. The SMILES string of the molecule is Cc1csc2c1C(c1ccccc1[N+](=O)[O-])=NCC(=O)N2. The number of aliphatic imine (C=N–C) groups is 1. The minimum absolute atomic E-state index is 0.0119. The Kier molecular flexibility index (Phi) is 3.26. The minimum Gasteiger partial charge on any atom is -0.316 e. The van der Waals surface area contributed by atoms with E-state index < -0.39 is 4.92 Å². The summed E-state index contributed by atoms with van der Waals surface area (Å²) in [6, 6.07) is 6.45. The summed E-state index contributed by atoms with van der Waals surface area (Å²) in [5.41, 5.74) is 2.62. The van der Waals surface area contributed by atoms with Crippen LogP contribution in [-0.4, -0.2) is 23.1 Å².